The van der Waals surface area contributed by atoms with Gasteiger partial charge in [0.2, 0.25) is 0 Å². The van der Waals surface area contributed by atoms with Crippen LogP contribution < -0.4 is 0 Å². The van der Waals surface area contributed by atoms with Crippen molar-refractivity contribution in [1.82, 2.24) is 0 Å². The lowest BCUT2D eigenvalue weighted by molar-refractivity contribution is 0.780. The number of fused-ring (bicyclic) bond motifs is 1. The molecule has 0 N–H and O–H groups in total. The number of aryl methyl sites for hydroxylation is 2. The van der Waals surface area contributed by atoms with Gasteiger partial charge in [-0.25, -0.2) is 0 Å². The Kier molecular flexibility index (Phi) is 2.74. The summed E-state index contributed by atoms with van der Waals surface area (Å²) in [4.78, 5) is 0. The fraction of sp³-hybridized carbons (Fsp3) is 0.333. The van der Waals surface area contributed by atoms with Gasteiger partial charge in [-0.3, -0.25) is 0 Å². The van der Waals surface area contributed by atoms with Crippen LogP contribution in [-0.2, 0) is 6.42 Å². The smallest absolute Gasteiger partial charge is 0.00979 e. The van der Waals surface area contributed by atoms with Gasteiger partial charge in [0, 0.05) is 5.92 Å². The molecule has 0 radical (unpaired) electrons. The van der Waals surface area contributed by atoms with Crippen LogP contribution in [0.15, 0.2) is 36.4 Å². The first-order valence-electron chi connectivity index (χ1n) is 6.83. The first-order valence-corrected chi connectivity index (χ1v) is 6.83. The lowest BCUT2D eigenvalue weighted by atomic mass is 9.87. The number of hydrogen-bond donors (Lipinski definition) is 0. The molecule has 0 saturated heterocycles. The van der Waals surface area contributed by atoms with Gasteiger partial charge >= 0.3 is 0 Å². The highest BCUT2D eigenvalue weighted by atomic mass is 14.3. The molecule has 0 bridgehead atoms. The van der Waals surface area contributed by atoms with E-state index in [2.05, 4.69) is 57.2 Å². The highest BCUT2D eigenvalue weighted by Gasteiger charge is 2.24. The molecule has 92 valence electrons. The van der Waals surface area contributed by atoms with E-state index in [4.69, 9.17) is 0 Å². The summed E-state index contributed by atoms with van der Waals surface area (Å²) in [5.74, 6) is 0.612. The maximum absolute atomic E-state index is 2.34. The van der Waals surface area contributed by atoms with E-state index in [0.717, 1.165) is 0 Å². The Morgan fingerprint density at radius 1 is 0.833 bits per heavy atom. The third-order valence-electron chi connectivity index (χ3n) is 4.61. The summed E-state index contributed by atoms with van der Waals surface area (Å²) in [6.45, 7) is 6.72. The van der Waals surface area contributed by atoms with Gasteiger partial charge in [0.05, 0.1) is 0 Å². The molecule has 0 fully saturated rings. The van der Waals surface area contributed by atoms with E-state index in [1.165, 1.54) is 35.1 Å². The van der Waals surface area contributed by atoms with Crippen LogP contribution in [0.4, 0.5) is 0 Å². The first-order chi connectivity index (χ1) is 8.68. The van der Waals surface area contributed by atoms with Crippen LogP contribution in [0.5, 0.6) is 0 Å². The van der Waals surface area contributed by atoms with Gasteiger partial charge in [0.1, 0.15) is 0 Å². The molecule has 0 heteroatoms. The van der Waals surface area contributed by atoms with Crippen molar-refractivity contribution in [2.75, 3.05) is 0 Å². The highest BCUT2D eigenvalue weighted by Crippen LogP contribution is 2.39. The minimum absolute atomic E-state index is 0.612. The van der Waals surface area contributed by atoms with Crippen molar-refractivity contribution in [3.8, 4) is 0 Å². The molecule has 1 aliphatic carbocycles. The van der Waals surface area contributed by atoms with Crippen LogP contribution in [0.2, 0.25) is 0 Å². The van der Waals surface area contributed by atoms with E-state index < -0.39 is 0 Å². The number of rotatable bonds is 1. The fourth-order valence-corrected chi connectivity index (χ4v) is 3.23. The van der Waals surface area contributed by atoms with Gasteiger partial charge in [0.15, 0.2) is 0 Å². The Balaban J connectivity index is 2.11. The van der Waals surface area contributed by atoms with Gasteiger partial charge in [0.25, 0.3) is 0 Å². The Labute approximate surface area is 110 Å². The normalized spacial score (nSPS) is 17.8. The van der Waals surface area contributed by atoms with Crippen molar-refractivity contribution in [2.24, 2.45) is 0 Å². The summed E-state index contributed by atoms with van der Waals surface area (Å²) >= 11 is 0. The second-order valence-electron chi connectivity index (χ2n) is 5.51. The Morgan fingerprint density at radius 3 is 2.44 bits per heavy atom. The molecule has 0 aromatic heterocycles. The maximum atomic E-state index is 2.34. The molecule has 0 saturated carbocycles. The predicted molar refractivity (Wildman–Crippen MR) is 77.3 cm³/mol. The lowest BCUT2D eigenvalue weighted by Gasteiger charge is -2.18. The average Bonchev–Trinajstić information content (AvgIpc) is 2.80. The van der Waals surface area contributed by atoms with Gasteiger partial charge in [-0.1, -0.05) is 36.4 Å². The van der Waals surface area contributed by atoms with Crippen molar-refractivity contribution < 1.29 is 0 Å². The molecule has 18 heavy (non-hydrogen) atoms. The molecule has 2 aromatic rings. The quantitative estimate of drug-likeness (QED) is 0.674. The van der Waals surface area contributed by atoms with Crippen LogP contribution in [0.25, 0.3) is 0 Å². The largest absolute Gasteiger partial charge is 0.0620 e. The molecule has 0 amide bonds. The van der Waals surface area contributed by atoms with E-state index >= 15 is 0 Å². The molecule has 1 aliphatic rings. The number of hydrogen-bond acceptors (Lipinski definition) is 0. The van der Waals surface area contributed by atoms with Crippen molar-refractivity contribution in [2.45, 2.75) is 39.5 Å². The van der Waals surface area contributed by atoms with Crippen molar-refractivity contribution in [1.29, 1.82) is 0 Å². The third-order valence-corrected chi connectivity index (χ3v) is 4.61. The predicted octanol–water partition coefficient (Wildman–Crippen LogP) is 4.69. The summed E-state index contributed by atoms with van der Waals surface area (Å²) in [6.07, 6.45) is 2.50. The Hall–Kier alpha value is -1.56. The second-order valence-corrected chi connectivity index (χ2v) is 5.51. The van der Waals surface area contributed by atoms with Gasteiger partial charge < -0.3 is 0 Å². The van der Waals surface area contributed by atoms with E-state index in [0.29, 0.717) is 5.92 Å². The van der Waals surface area contributed by atoms with E-state index in [9.17, 15) is 0 Å². The van der Waals surface area contributed by atoms with Crippen molar-refractivity contribution in [3.63, 3.8) is 0 Å². The molecule has 1 unspecified atom stereocenters. The molecular weight excluding hydrogens is 216 g/mol. The SMILES string of the molecule is Cc1ccc(C2CCc3ccccc32)c(C)c1C. The zero-order chi connectivity index (χ0) is 12.7. The highest BCUT2D eigenvalue weighted by molar-refractivity contribution is 5.48. The maximum Gasteiger partial charge on any atom is 0.00979 e. The van der Waals surface area contributed by atoms with Crippen LogP contribution in [0.3, 0.4) is 0 Å². The summed E-state index contributed by atoms with van der Waals surface area (Å²) < 4.78 is 0. The van der Waals surface area contributed by atoms with Gasteiger partial charge in [-0.15, -0.1) is 0 Å². The standard InChI is InChI=1S/C18H20/c1-12-8-10-16(14(3)13(12)2)18-11-9-15-6-4-5-7-17(15)18/h4-8,10,18H,9,11H2,1-3H3. The number of benzene rings is 2. The lowest BCUT2D eigenvalue weighted by Crippen LogP contribution is -2.01. The first kappa shape index (κ1) is 11.5. The summed E-state index contributed by atoms with van der Waals surface area (Å²) in [6, 6.07) is 13.5. The molecule has 1 atom stereocenters. The molecule has 0 aliphatic heterocycles. The summed E-state index contributed by atoms with van der Waals surface area (Å²) in [7, 11) is 0. The summed E-state index contributed by atoms with van der Waals surface area (Å²) in [5, 5.41) is 0. The van der Waals surface area contributed by atoms with E-state index in [-0.39, 0.29) is 0 Å². The average molecular weight is 236 g/mol. The Bertz CT molecular complexity index is 593. The second kappa shape index (κ2) is 4.28. The minimum atomic E-state index is 0.612. The molecule has 2 aromatic carbocycles. The van der Waals surface area contributed by atoms with Crippen LogP contribution >= 0.6 is 0 Å². The van der Waals surface area contributed by atoms with Gasteiger partial charge in [-0.2, -0.15) is 0 Å². The molecule has 0 spiro atoms. The zero-order valence-electron chi connectivity index (χ0n) is 11.5. The van der Waals surface area contributed by atoms with Crippen LogP contribution in [0, 0.1) is 20.8 Å². The zero-order valence-corrected chi connectivity index (χ0v) is 11.5. The Morgan fingerprint density at radius 2 is 1.61 bits per heavy atom. The molecular formula is C18H20. The minimum Gasteiger partial charge on any atom is -0.0620 e. The topological polar surface area (TPSA) is 0 Å². The van der Waals surface area contributed by atoms with Crippen LogP contribution in [0.1, 0.15) is 45.7 Å². The van der Waals surface area contributed by atoms with Crippen molar-refractivity contribution in [3.05, 3.63) is 69.8 Å². The fourth-order valence-electron chi connectivity index (χ4n) is 3.23. The molecule has 3 rings (SSSR count). The van der Waals surface area contributed by atoms with Crippen LogP contribution in [-0.4, -0.2) is 0 Å². The third kappa shape index (κ3) is 1.68. The van der Waals surface area contributed by atoms with Crippen molar-refractivity contribution >= 4 is 0 Å². The molecule has 0 nitrogen and oxygen atoms in total. The van der Waals surface area contributed by atoms with Gasteiger partial charge in [-0.05, 0) is 67.0 Å². The molecule has 0 heterocycles. The monoisotopic (exact) mass is 236 g/mol. The van der Waals surface area contributed by atoms with E-state index in [1.54, 1.807) is 11.1 Å². The van der Waals surface area contributed by atoms with E-state index in [1.807, 2.05) is 0 Å². The summed E-state index contributed by atoms with van der Waals surface area (Å²) in [5.41, 5.74) is 8.96.